The third kappa shape index (κ3) is 5.03. The summed E-state index contributed by atoms with van der Waals surface area (Å²) in [6.45, 7) is 3.77. The molecule has 0 saturated heterocycles. The van der Waals surface area contributed by atoms with Crippen molar-refractivity contribution in [2.24, 2.45) is 12.2 Å². The van der Waals surface area contributed by atoms with Crippen LogP contribution in [-0.2, 0) is 21.9 Å². The molecule has 1 aromatic heterocycles. The highest BCUT2D eigenvalue weighted by Crippen LogP contribution is 2.26. The molecule has 3 aromatic rings. The molecule has 0 fully saturated rings. The minimum Gasteiger partial charge on any atom is -0.325 e. The number of hydrogen-bond acceptors (Lipinski definition) is 6. The predicted octanol–water partition coefficient (Wildman–Crippen LogP) is 2.56. The molecular weight excluding hydrogens is 410 g/mol. The van der Waals surface area contributed by atoms with Crippen LogP contribution >= 0.6 is 11.8 Å². The van der Waals surface area contributed by atoms with Crippen LogP contribution in [0.3, 0.4) is 0 Å². The first-order valence-electron chi connectivity index (χ1n) is 8.72. The fraction of sp³-hybridized carbons (Fsp3) is 0.211. The second-order valence-electron chi connectivity index (χ2n) is 6.55. The maximum Gasteiger partial charge on any atom is 0.238 e. The van der Waals surface area contributed by atoms with Crippen LogP contribution < -0.4 is 10.5 Å². The fourth-order valence-electron chi connectivity index (χ4n) is 2.64. The van der Waals surface area contributed by atoms with Crippen LogP contribution in [0.25, 0.3) is 11.4 Å². The molecule has 3 N–H and O–H groups in total. The Labute approximate surface area is 173 Å². The van der Waals surface area contributed by atoms with E-state index in [2.05, 4.69) is 15.5 Å². The largest absolute Gasteiger partial charge is 0.325 e. The lowest BCUT2D eigenvalue weighted by Crippen LogP contribution is -2.23. The molecule has 1 atom stereocenters. The summed E-state index contributed by atoms with van der Waals surface area (Å²) >= 11 is 1.29. The Morgan fingerprint density at radius 3 is 2.48 bits per heavy atom. The first kappa shape index (κ1) is 21.0. The molecule has 152 valence electrons. The van der Waals surface area contributed by atoms with Crippen molar-refractivity contribution in [3.63, 3.8) is 0 Å². The maximum absolute atomic E-state index is 12.5. The van der Waals surface area contributed by atoms with E-state index in [0.717, 1.165) is 17.0 Å². The van der Waals surface area contributed by atoms with Gasteiger partial charge in [0.15, 0.2) is 11.0 Å². The summed E-state index contributed by atoms with van der Waals surface area (Å²) in [4.78, 5) is 12.5. The van der Waals surface area contributed by atoms with Crippen LogP contribution in [0.4, 0.5) is 5.69 Å². The molecule has 2 aromatic carbocycles. The van der Waals surface area contributed by atoms with E-state index in [1.807, 2.05) is 42.8 Å². The van der Waals surface area contributed by atoms with Gasteiger partial charge in [0.1, 0.15) is 0 Å². The lowest BCUT2D eigenvalue weighted by atomic mass is 10.1. The van der Waals surface area contributed by atoms with E-state index in [1.54, 1.807) is 6.92 Å². The molecule has 10 heteroatoms. The Morgan fingerprint density at radius 1 is 1.17 bits per heavy atom. The van der Waals surface area contributed by atoms with Crippen molar-refractivity contribution >= 4 is 33.4 Å². The second kappa shape index (κ2) is 8.36. The van der Waals surface area contributed by atoms with Gasteiger partial charge in [0.2, 0.25) is 15.9 Å². The van der Waals surface area contributed by atoms with E-state index in [-0.39, 0.29) is 10.8 Å². The number of hydrogen-bond donors (Lipinski definition) is 2. The summed E-state index contributed by atoms with van der Waals surface area (Å²) in [5, 5.41) is 16.5. The molecule has 0 aliphatic rings. The van der Waals surface area contributed by atoms with E-state index in [1.165, 1.54) is 36.0 Å². The Balaban J connectivity index is 1.69. The molecule has 1 amide bonds. The Morgan fingerprint density at radius 2 is 1.86 bits per heavy atom. The third-order valence-electron chi connectivity index (χ3n) is 4.21. The molecular formula is C19H21N5O3S2. The Hall–Kier alpha value is -2.69. The maximum atomic E-state index is 12.5. The van der Waals surface area contributed by atoms with Gasteiger partial charge in [-0.2, -0.15) is 0 Å². The lowest BCUT2D eigenvalue weighted by Gasteiger charge is -2.12. The molecule has 0 aliphatic carbocycles. The minimum absolute atomic E-state index is 0.0133. The molecule has 0 aliphatic heterocycles. The highest BCUT2D eigenvalue weighted by atomic mass is 32.2. The van der Waals surface area contributed by atoms with E-state index >= 15 is 0 Å². The molecule has 1 heterocycles. The van der Waals surface area contributed by atoms with Gasteiger partial charge in [-0.05, 0) is 44.2 Å². The van der Waals surface area contributed by atoms with Crippen LogP contribution in [-0.4, -0.2) is 34.3 Å². The highest BCUT2D eigenvalue weighted by molar-refractivity contribution is 8.00. The summed E-state index contributed by atoms with van der Waals surface area (Å²) in [6.07, 6.45) is 0. The number of sulfonamides is 1. The van der Waals surface area contributed by atoms with Crippen molar-refractivity contribution in [1.82, 2.24) is 14.8 Å². The molecule has 3 rings (SSSR count). The van der Waals surface area contributed by atoms with Gasteiger partial charge in [0.05, 0.1) is 10.1 Å². The van der Waals surface area contributed by atoms with Crippen molar-refractivity contribution in [3.8, 4) is 11.4 Å². The zero-order chi connectivity index (χ0) is 21.2. The van der Waals surface area contributed by atoms with Crippen molar-refractivity contribution in [3.05, 3.63) is 54.1 Å². The van der Waals surface area contributed by atoms with Gasteiger partial charge in [-0.15, -0.1) is 10.2 Å². The summed E-state index contributed by atoms with van der Waals surface area (Å²) in [5.41, 5.74) is 2.56. The number of anilines is 1. The highest BCUT2D eigenvalue weighted by Gasteiger charge is 2.20. The predicted molar refractivity (Wildman–Crippen MR) is 113 cm³/mol. The number of aryl methyl sites for hydroxylation is 1. The third-order valence-corrected chi connectivity index (χ3v) is 6.28. The Kier molecular flexibility index (Phi) is 6.06. The van der Waals surface area contributed by atoms with Crippen LogP contribution in [0, 0.1) is 6.92 Å². The fourth-order valence-corrected chi connectivity index (χ4v) is 3.97. The summed E-state index contributed by atoms with van der Waals surface area (Å²) in [5.74, 6) is 0.487. The van der Waals surface area contributed by atoms with Gasteiger partial charge in [0, 0.05) is 18.3 Å². The van der Waals surface area contributed by atoms with Crippen LogP contribution in [0.5, 0.6) is 0 Å². The van der Waals surface area contributed by atoms with Gasteiger partial charge < -0.3 is 9.88 Å². The number of aromatic nitrogens is 3. The first-order valence-corrected chi connectivity index (χ1v) is 11.1. The quantitative estimate of drug-likeness (QED) is 0.579. The second-order valence-corrected chi connectivity index (χ2v) is 9.42. The topological polar surface area (TPSA) is 120 Å². The van der Waals surface area contributed by atoms with Crippen molar-refractivity contribution < 1.29 is 13.2 Å². The minimum atomic E-state index is -3.77. The van der Waals surface area contributed by atoms with Crippen LogP contribution in [0.2, 0.25) is 0 Å². The SMILES string of the molecule is Cc1cccc(-c2nnc(S[C@H](C)C(=O)Nc3ccc(S(N)(=O)=O)cc3)n2C)c1. The number of benzene rings is 2. The summed E-state index contributed by atoms with van der Waals surface area (Å²) in [7, 11) is -1.91. The van der Waals surface area contributed by atoms with E-state index < -0.39 is 15.3 Å². The molecule has 0 saturated carbocycles. The first-order chi connectivity index (χ1) is 13.6. The smallest absolute Gasteiger partial charge is 0.238 e. The number of primary sulfonamides is 1. The number of carbonyl (C=O) groups excluding carboxylic acids is 1. The van der Waals surface area contributed by atoms with Gasteiger partial charge in [-0.3, -0.25) is 4.79 Å². The molecule has 29 heavy (non-hydrogen) atoms. The van der Waals surface area contributed by atoms with Crippen molar-refractivity contribution in [1.29, 1.82) is 0 Å². The van der Waals surface area contributed by atoms with Crippen LogP contribution in [0.15, 0.2) is 58.6 Å². The number of amides is 1. The number of thioether (sulfide) groups is 1. The molecule has 0 unspecified atom stereocenters. The number of nitrogens with two attached hydrogens (primary N) is 1. The summed E-state index contributed by atoms with van der Waals surface area (Å²) in [6, 6.07) is 13.6. The van der Waals surface area contributed by atoms with Crippen molar-refractivity contribution in [2.45, 2.75) is 29.1 Å². The zero-order valence-corrected chi connectivity index (χ0v) is 17.8. The summed E-state index contributed by atoms with van der Waals surface area (Å²) < 4.78 is 24.5. The standard InChI is InChI=1S/C19H21N5O3S2/c1-12-5-4-6-14(11-12)17-22-23-19(24(17)3)28-13(2)18(25)21-15-7-9-16(10-8-15)29(20,26)27/h4-11,13H,1-3H3,(H,21,25)(H2,20,26,27)/t13-/m1/s1. The lowest BCUT2D eigenvalue weighted by molar-refractivity contribution is -0.115. The zero-order valence-electron chi connectivity index (χ0n) is 16.2. The molecule has 0 spiro atoms. The average molecular weight is 432 g/mol. The van der Waals surface area contributed by atoms with Gasteiger partial charge in [-0.1, -0.05) is 35.5 Å². The number of nitrogens with zero attached hydrogens (tertiary/aromatic N) is 3. The number of carbonyl (C=O) groups is 1. The monoisotopic (exact) mass is 431 g/mol. The van der Waals surface area contributed by atoms with Crippen LogP contribution in [0.1, 0.15) is 12.5 Å². The Bertz CT molecular complexity index is 1140. The average Bonchev–Trinajstić information content (AvgIpc) is 3.02. The van der Waals surface area contributed by atoms with Gasteiger partial charge in [0.25, 0.3) is 0 Å². The molecule has 0 radical (unpaired) electrons. The van der Waals surface area contributed by atoms with E-state index in [4.69, 9.17) is 5.14 Å². The van der Waals surface area contributed by atoms with Gasteiger partial charge in [-0.25, -0.2) is 13.6 Å². The normalized spacial score (nSPS) is 12.6. The van der Waals surface area contributed by atoms with E-state index in [9.17, 15) is 13.2 Å². The van der Waals surface area contributed by atoms with Gasteiger partial charge >= 0.3 is 0 Å². The van der Waals surface area contributed by atoms with Crippen molar-refractivity contribution in [2.75, 3.05) is 5.32 Å². The molecule has 0 bridgehead atoms. The van der Waals surface area contributed by atoms with E-state index in [0.29, 0.717) is 10.8 Å². The number of rotatable bonds is 6. The number of nitrogens with one attached hydrogen (secondary N) is 1. The molecule has 8 nitrogen and oxygen atoms in total.